The summed E-state index contributed by atoms with van der Waals surface area (Å²) < 4.78 is 1.72. The quantitative estimate of drug-likeness (QED) is 0.658. The van der Waals surface area contributed by atoms with E-state index in [2.05, 4.69) is 39.2 Å². The number of likely N-dealkylation sites (tertiary alicyclic amines) is 1. The van der Waals surface area contributed by atoms with Gasteiger partial charge in [0.25, 0.3) is 11.9 Å². The molecule has 0 unspecified atom stereocenters. The van der Waals surface area contributed by atoms with Gasteiger partial charge in [-0.15, -0.1) is 0 Å². The second-order valence-corrected chi connectivity index (χ2v) is 8.90. The van der Waals surface area contributed by atoms with Crippen molar-refractivity contribution >= 4 is 5.91 Å². The van der Waals surface area contributed by atoms with E-state index in [1.165, 1.54) is 23.1 Å². The molecule has 6 nitrogen and oxygen atoms in total. The summed E-state index contributed by atoms with van der Waals surface area (Å²) in [7, 11) is 0. The second-order valence-electron chi connectivity index (χ2n) is 8.90. The molecule has 0 spiro atoms. The zero-order valence-electron chi connectivity index (χ0n) is 17.2. The minimum Gasteiger partial charge on any atom is -0.335 e. The average molecular weight is 399 g/mol. The Bertz CT molecular complexity index is 1150. The highest BCUT2D eigenvalue weighted by Crippen LogP contribution is 2.38. The lowest BCUT2D eigenvalue weighted by atomic mass is 10.0. The van der Waals surface area contributed by atoms with Crippen molar-refractivity contribution in [1.29, 1.82) is 0 Å². The Morgan fingerprint density at radius 2 is 1.97 bits per heavy atom. The van der Waals surface area contributed by atoms with Crippen LogP contribution in [0.5, 0.6) is 0 Å². The molecule has 1 aliphatic heterocycles. The normalized spacial score (nSPS) is 22.0. The lowest BCUT2D eigenvalue weighted by Gasteiger charge is -2.26. The van der Waals surface area contributed by atoms with Gasteiger partial charge in [-0.25, -0.2) is 14.6 Å². The van der Waals surface area contributed by atoms with Crippen LogP contribution in [0.4, 0.5) is 0 Å². The van der Waals surface area contributed by atoms with E-state index in [1.54, 1.807) is 10.9 Å². The largest absolute Gasteiger partial charge is 0.335 e. The molecule has 2 aromatic heterocycles. The van der Waals surface area contributed by atoms with Crippen molar-refractivity contribution in [2.75, 3.05) is 6.54 Å². The Kier molecular flexibility index (Phi) is 4.01. The maximum absolute atomic E-state index is 13.2. The van der Waals surface area contributed by atoms with Crippen molar-refractivity contribution in [1.82, 2.24) is 24.6 Å². The zero-order chi connectivity index (χ0) is 20.2. The number of carbonyl (C=O) groups excluding carboxylic acids is 1. The Labute approximate surface area is 176 Å². The predicted molar refractivity (Wildman–Crippen MR) is 114 cm³/mol. The molecule has 1 aromatic carbocycles. The number of aromatic nitrogens is 4. The third-order valence-corrected chi connectivity index (χ3v) is 7.12. The van der Waals surface area contributed by atoms with Crippen LogP contribution in [0.15, 0.2) is 36.7 Å². The first kappa shape index (κ1) is 17.8. The molecule has 2 atom stereocenters. The van der Waals surface area contributed by atoms with Gasteiger partial charge in [-0.1, -0.05) is 24.3 Å². The van der Waals surface area contributed by atoms with E-state index in [0.717, 1.165) is 50.0 Å². The zero-order valence-corrected chi connectivity index (χ0v) is 17.2. The van der Waals surface area contributed by atoms with Crippen LogP contribution in [0.3, 0.4) is 0 Å². The van der Waals surface area contributed by atoms with Crippen LogP contribution in [-0.4, -0.2) is 43.1 Å². The van der Waals surface area contributed by atoms with Gasteiger partial charge in [0.05, 0.1) is 23.1 Å². The van der Waals surface area contributed by atoms with Crippen LogP contribution >= 0.6 is 0 Å². The molecule has 3 aromatic rings. The second kappa shape index (κ2) is 6.76. The van der Waals surface area contributed by atoms with Crippen LogP contribution in [0, 0.1) is 12.8 Å². The fourth-order valence-electron chi connectivity index (χ4n) is 5.50. The van der Waals surface area contributed by atoms with Crippen molar-refractivity contribution in [3.05, 3.63) is 59.0 Å². The van der Waals surface area contributed by atoms with Gasteiger partial charge < -0.3 is 4.90 Å². The van der Waals surface area contributed by atoms with E-state index in [-0.39, 0.29) is 5.91 Å². The number of piperidine rings is 1. The summed E-state index contributed by atoms with van der Waals surface area (Å²) in [6.07, 6.45) is 10.3. The molecule has 1 amide bonds. The Morgan fingerprint density at radius 3 is 2.80 bits per heavy atom. The van der Waals surface area contributed by atoms with Gasteiger partial charge in [-0.3, -0.25) is 4.79 Å². The molecule has 6 rings (SSSR count). The van der Waals surface area contributed by atoms with Crippen molar-refractivity contribution in [2.24, 2.45) is 5.92 Å². The van der Waals surface area contributed by atoms with Gasteiger partial charge >= 0.3 is 0 Å². The summed E-state index contributed by atoms with van der Waals surface area (Å²) in [6.45, 7) is 2.83. The van der Waals surface area contributed by atoms with Gasteiger partial charge in [0.1, 0.15) is 0 Å². The average Bonchev–Trinajstić information content (AvgIpc) is 3.47. The molecule has 152 valence electrons. The molecule has 6 heteroatoms. The Balaban J connectivity index is 1.38. The molecule has 30 heavy (non-hydrogen) atoms. The van der Waals surface area contributed by atoms with Crippen molar-refractivity contribution in [3.8, 4) is 17.2 Å². The highest BCUT2D eigenvalue weighted by Gasteiger charge is 2.41. The summed E-state index contributed by atoms with van der Waals surface area (Å²) in [4.78, 5) is 24.8. The van der Waals surface area contributed by atoms with Crippen molar-refractivity contribution in [2.45, 2.75) is 51.5 Å². The smallest absolute Gasteiger partial charge is 0.257 e. The van der Waals surface area contributed by atoms with Crippen LogP contribution in [0.2, 0.25) is 0 Å². The number of hydrogen-bond acceptors (Lipinski definition) is 4. The van der Waals surface area contributed by atoms with E-state index in [4.69, 9.17) is 4.98 Å². The topological polar surface area (TPSA) is 63.9 Å². The highest BCUT2D eigenvalue weighted by atomic mass is 16.2. The SMILES string of the molecule is Cc1c(C(=O)N2C[C@@H]3CC[C@@H]2C3)cnn1-c1ncc2c(n1)-c1ccccc1CCC2. The summed E-state index contributed by atoms with van der Waals surface area (Å²) >= 11 is 0. The molecule has 0 N–H and O–H groups in total. The third-order valence-electron chi connectivity index (χ3n) is 7.12. The van der Waals surface area contributed by atoms with Gasteiger partial charge in [0.2, 0.25) is 0 Å². The van der Waals surface area contributed by atoms with Gasteiger partial charge in [0, 0.05) is 24.3 Å². The Morgan fingerprint density at radius 1 is 1.10 bits per heavy atom. The molecule has 3 heterocycles. The molecule has 0 radical (unpaired) electrons. The summed E-state index contributed by atoms with van der Waals surface area (Å²) in [5.41, 5.74) is 6.16. The van der Waals surface area contributed by atoms with Crippen LogP contribution < -0.4 is 0 Å². The summed E-state index contributed by atoms with van der Waals surface area (Å²) in [5, 5.41) is 4.51. The highest BCUT2D eigenvalue weighted by molar-refractivity contribution is 5.95. The van der Waals surface area contributed by atoms with E-state index in [1.807, 2.05) is 13.1 Å². The third kappa shape index (κ3) is 2.70. The van der Waals surface area contributed by atoms with Crippen LogP contribution in [0.25, 0.3) is 17.2 Å². The number of rotatable bonds is 2. The number of nitrogens with zero attached hydrogens (tertiary/aromatic N) is 5. The molecular formula is C24H25N5O. The number of fused-ring (bicyclic) bond motifs is 5. The number of hydrogen-bond donors (Lipinski definition) is 0. The monoisotopic (exact) mass is 399 g/mol. The molecule has 2 aliphatic carbocycles. The van der Waals surface area contributed by atoms with Crippen LogP contribution in [0.1, 0.15) is 52.9 Å². The molecule has 1 saturated heterocycles. The Hall–Kier alpha value is -3.02. The van der Waals surface area contributed by atoms with E-state index >= 15 is 0 Å². The first-order valence-electron chi connectivity index (χ1n) is 11.0. The molecular weight excluding hydrogens is 374 g/mol. The summed E-state index contributed by atoms with van der Waals surface area (Å²) in [6, 6.07) is 8.89. The fraction of sp³-hybridized carbons (Fsp3) is 0.417. The number of aryl methyl sites for hydroxylation is 2. The summed E-state index contributed by atoms with van der Waals surface area (Å²) in [5.74, 6) is 1.32. The fourth-order valence-corrected chi connectivity index (χ4v) is 5.50. The van der Waals surface area contributed by atoms with E-state index in [9.17, 15) is 4.79 Å². The van der Waals surface area contributed by atoms with Gasteiger partial charge in [-0.2, -0.15) is 5.10 Å². The number of carbonyl (C=O) groups is 1. The molecule has 1 saturated carbocycles. The molecule has 2 fully saturated rings. The van der Waals surface area contributed by atoms with Crippen molar-refractivity contribution < 1.29 is 4.79 Å². The first-order chi connectivity index (χ1) is 14.7. The maximum Gasteiger partial charge on any atom is 0.257 e. The van der Waals surface area contributed by atoms with Gasteiger partial charge in [-0.05, 0) is 62.5 Å². The molecule has 3 aliphatic rings. The lowest BCUT2D eigenvalue weighted by molar-refractivity contribution is 0.0703. The van der Waals surface area contributed by atoms with Gasteiger partial charge in [0.15, 0.2) is 0 Å². The number of benzene rings is 1. The van der Waals surface area contributed by atoms with Crippen LogP contribution in [-0.2, 0) is 12.8 Å². The molecule has 2 bridgehead atoms. The van der Waals surface area contributed by atoms with E-state index in [0.29, 0.717) is 23.5 Å². The lowest BCUT2D eigenvalue weighted by Crippen LogP contribution is -2.37. The first-order valence-corrected chi connectivity index (χ1v) is 11.0. The minimum atomic E-state index is 0.103. The maximum atomic E-state index is 13.2. The van der Waals surface area contributed by atoms with E-state index < -0.39 is 0 Å². The minimum absolute atomic E-state index is 0.103. The predicted octanol–water partition coefficient (Wildman–Crippen LogP) is 3.75. The van der Waals surface area contributed by atoms with Crippen molar-refractivity contribution in [3.63, 3.8) is 0 Å². The number of amides is 1. The standard InChI is InChI=1S/C24H25N5O/c1-15-21(23(30)28-14-16-9-10-19(28)11-16)13-26-29(15)24-25-12-18-7-4-6-17-5-2-3-8-20(17)22(18)27-24/h2-3,5,8,12-13,16,19H,4,6-7,9-11,14H2,1H3/t16-,19-/m1/s1.